The second-order valence-corrected chi connectivity index (χ2v) is 3.46. The number of hydrogen-bond donors (Lipinski definition) is 2. The van der Waals surface area contributed by atoms with E-state index in [9.17, 15) is 4.79 Å². The van der Waals surface area contributed by atoms with E-state index in [2.05, 4.69) is 4.90 Å². The Bertz CT molecular complexity index is 193. The van der Waals surface area contributed by atoms with Crippen LogP contribution in [0.15, 0.2) is 0 Å². The van der Waals surface area contributed by atoms with Crippen LogP contribution >= 0.6 is 0 Å². The number of nitrogens with two attached hydrogens (primary N) is 1. The van der Waals surface area contributed by atoms with Crippen molar-refractivity contribution in [3.8, 4) is 0 Å². The fourth-order valence-corrected chi connectivity index (χ4v) is 1.53. The lowest BCUT2D eigenvalue weighted by Crippen LogP contribution is -2.49. The van der Waals surface area contributed by atoms with Crippen LogP contribution in [0.2, 0.25) is 0 Å². The van der Waals surface area contributed by atoms with Crippen molar-refractivity contribution >= 4 is 6.09 Å². The Morgan fingerprint density at radius 2 is 2.00 bits per heavy atom. The van der Waals surface area contributed by atoms with Crippen molar-refractivity contribution in [3.05, 3.63) is 0 Å². The highest BCUT2D eigenvalue weighted by molar-refractivity contribution is 5.67. The van der Waals surface area contributed by atoms with Crippen LogP contribution in [0.5, 0.6) is 0 Å². The summed E-state index contributed by atoms with van der Waals surface area (Å²) in [6.45, 7) is 4.36. The third kappa shape index (κ3) is 4.03. The highest BCUT2D eigenvalue weighted by atomic mass is 16.6. The number of nitrogens with zero attached hydrogens (tertiary/aromatic N) is 2. The molecule has 1 rings (SSSR count). The van der Waals surface area contributed by atoms with Crippen LogP contribution in [0, 0.1) is 0 Å². The molecule has 1 amide bonds. The van der Waals surface area contributed by atoms with E-state index in [-0.39, 0.29) is 19.3 Å². The average molecular weight is 217 g/mol. The van der Waals surface area contributed by atoms with E-state index in [4.69, 9.17) is 15.6 Å². The molecule has 0 spiro atoms. The first-order chi connectivity index (χ1) is 7.27. The molecule has 0 aromatic heterocycles. The van der Waals surface area contributed by atoms with E-state index < -0.39 is 0 Å². The lowest BCUT2D eigenvalue weighted by molar-refractivity contribution is 0.0732. The molecule has 1 aliphatic heterocycles. The van der Waals surface area contributed by atoms with Gasteiger partial charge in [0.15, 0.2) is 0 Å². The molecule has 0 saturated carbocycles. The van der Waals surface area contributed by atoms with Gasteiger partial charge in [-0.3, -0.25) is 4.90 Å². The fourth-order valence-electron chi connectivity index (χ4n) is 1.53. The maximum absolute atomic E-state index is 11.4. The van der Waals surface area contributed by atoms with E-state index in [1.54, 1.807) is 4.90 Å². The smallest absolute Gasteiger partial charge is 0.409 e. The summed E-state index contributed by atoms with van der Waals surface area (Å²) in [7, 11) is 0. The zero-order chi connectivity index (χ0) is 11.1. The van der Waals surface area contributed by atoms with Gasteiger partial charge in [-0.25, -0.2) is 4.79 Å². The minimum absolute atomic E-state index is 0.164. The first-order valence-corrected chi connectivity index (χ1v) is 5.23. The fraction of sp³-hybridized carbons (Fsp3) is 0.889. The van der Waals surface area contributed by atoms with Crippen molar-refractivity contribution < 1.29 is 14.6 Å². The Morgan fingerprint density at radius 3 is 2.53 bits per heavy atom. The second-order valence-electron chi connectivity index (χ2n) is 3.46. The number of piperazine rings is 1. The van der Waals surface area contributed by atoms with Gasteiger partial charge in [-0.2, -0.15) is 0 Å². The number of β-amino-alcohol motifs (C(OH)–C–C–N with tert-alkyl or cyclic N) is 1. The van der Waals surface area contributed by atoms with Gasteiger partial charge < -0.3 is 20.5 Å². The molecular formula is C9H19N3O3. The van der Waals surface area contributed by atoms with Crippen molar-refractivity contribution in [1.29, 1.82) is 0 Å². The molecule has 0 aromatic rings. The van der Waals surface area contributed by atoms with E-state index in [1.807, 2.05) is 0 Å². The van der Waals surface area contributed by atoms with Gasteiger partial charge in [-0.05, 0) is 0 Å². The molecule has 0 aromatic carbocycles. The maximum atomic E-state index is 11.4. The third-order valence-corrected chi connectivity index (χ3v) is 2.39. The molecule has 0 unspecified atom stereocenters. The molecule has 1 saturated heterocycles. The monoisotopic (exact) mass is 217 g/mol. The lowest BCUT2D eigenvalue weighted by Gasteiger charge is -2.33. The highest BCUT2D eigenvalue weighted by Crippen LogP contribution is 2.02. The molecule has 0 aliphatic carbocycles. The summed E-state index contributed by atoms with van der Waals surface area (Å²) in [6.07, 6.45) is -0.288. The van der Waals surface area contributed by atoms with E-state index in [0.29, 0.717) is 26.2 Å². The van der Waals surface area contributed by atoms with Gasteiger partial charge in [-0.15, -0.1) is 0 Å². The van der Waals surface area contributed by atoms with Crippen molar-refractivity contribution in [2.24, 2.45) is 5.73 Å². The van der Waals surface area contributed by atoms with Gasteiger partial charge in [0.2, 0.25) is 0 Å². The Kier molecular flexibility index (Phi) is 5.38. The van der Waals surface area contributed by atoms with Crippen LogP contribution in [0.4, 0.5) is 4.79 Å². The molecule has 1 aliphatic rings. The number of aliphatic hydroxyl groups is 1. The third-order valence-electron chi connectivity index (χ3n) is 2.39. The molecule has 3 N–H and O–H groups in total. The molecule has 0 atom stereocenters. The Morgan fingerprint density at radius 1 is 1.33 bits per heavy atom. The minimum atomic E-state index is -0.288. The number of ether oxygens (including phenoxy) is 1. The van der Waals surface area contributed by atoms with Crippen LogP contribution in [0.25, 0.3) is 0 Å². The molecule has 1 fully saturated rings. The van der Waals surface area contributed by atoms with Gasteiger partial charge in [0.1, 0.15) is 6.61 Å². The average Bonchev–Trinajstić information content (AvgIpc) is 2.27. The van der Waals surface area contributed by atoms with Gasteiger partial charge >= 0.3 is 6.09 Å². The summed E-state index contributed by atoms with van der Waals surface area (Å²) < 4.78 is 4.92. The summed E-state index contributed by atoms with van der Waals surface area (Å²) in [5, 5.41) is 8.75. The SMILES string of the molecule is NCCOC(=O)N1CCN(CCO)CC1. The Balaban J connectivity index is 2.21. The number of carbonyl (C=O) groups excluding carboxylic acids is 1. The Labute approximate surface area is 89.6 Å². The van der Waals surface area contributed by atoms with Crippen LogP contribution in [0.1, 0.15) is 0 Å². The van der Waals surface area contributed by atoms with Gasteiger partial charge in [0.25, 0.3) is 0 Å². The summed E-state index contributed by atoms with van der Waals surface area (Å²) >= 11 is 0. The van der Waals surface area contributed by atoms with E-state index in [0.717, 1.165) is 13.1 Å². The van der Waals surface area contributed by atoms with Gasteiger partial charge in [0.05, 0.1) is 6.61 Å². The highest BCUT2D eigenvalue weighted by Gasteiger charge is 2.21. The largest absolute Gasteiger partial charge is 0.448 e. The topological polar surface area (TPSA) is 79.0 Å². The zero-order valence-corrected chi connectivity index (χ0v) is 8.89. The predicted molar refractivity (Wildman–Crippen MR) is 55.5 cm³/mol. The second kappa shape index (κ2) is 6.60. The first kappa shape index (κ1) is 12.2. The van der Waals surface area contributed by atoms with Crippen LogP contribution < -0.4 is 5.73 Å². The molecule has 6 heteroatoms. The van der Waals surface area contributed by atoms with Crippen molar-refractivity contribution in [1.82, 2.24) is 9.80 Å². The summed E-state index contributed by atoms with van der Waals surface area (Å²) in [4.78, 5) is 15.2. The van der Waals surface area contributed by atoms with Crippen LogP contribution in [-0.2, 0) is 4.74 Å². The number of aliphatic hydroxyl groups excluding tert-OH is 1. The standard InChI is InChI=1S/C9H19N3O3/c10-1-8-15-9(14)12-4-2-11(3-5-12)6-7-13/h13H,1-8,10H2. The molecule has 88 valence electrons. The van der Waals surface area contributed by atoms with Crippen LogP contribution in [0.3, 0.4) is 0 Å². The summed E-state index contributed by atoms with van der Waals surface area (Å²) in [5.41, 5.74) is 5.24. The molecular weight excluding hydrogens is 198 g/mol. The number of amides is 1. The number of hydrogen-bond acceptors (Lipinski definition) is 5. The van der Waals surface area contributed by atoms with Crippen molar-refractivity contribution in [2.75, 3.05) is 52.5 Å². The normalized spacial score (nSPS) is 17.9. The van der Waals surface area contributed by atoms with Crippen molar-refractivity contribution in [2.45, 2.75) is 0 Å². The first-order valence-electron chi connectivity index (χ1n) is 5.23. The Hall–Kier alpha value is -0.850. The molecule has 0 radical (unpaired) electrons. The lowest BCUT2D eigenvalue weighted by atomic mass is 10.3. The van der Waals surface area contributed by atoms with E-state index in [1.165, 1.54) is 0 Å². The van der Waals surface area contributed by atoms with Crippen LogP contribution in [-0.4, -0.2) is 73.5 Å². The zero-order valence-electron chi connectivity index (χ0n) is 8.89. The van der Waals surface area contributed by atoms with Crippen molar-refractivity contribution in [3.63, 3.8) is 0 Å². The van der Waals surface area contributed by atoms with E-state index >= 15 is 0 Å². The molecule has 6 nitrogen and oxygen atoms in total. The minimum Gasteiger partial charge on any atom is -0.448 e. The van der Waals surface area contributed by atoms with Gasteiger partial charge in [0, 0.05) is 39.3 Å². The summed E-state index contributed by atoms with van der Waals surface area (Å²) in [6, 6.07) is 0. The van der Waals surface area contributed by atoms with Gasteiger partial charge in [-0.1, -0.05) is 0 Å². The quantitative estimate of drug-likeness (QED) is 0.611. The molecule has 0 bridgehead atoms. The summed E-state index contributed by atoms with van der Waals surface area (Å²) in [5.74, 6) is 0. The predicted octanol–water partition coefficient (Wildman–Crippen LogP) is -1.31. The molecule has 15 heavy (non-hydrogen) atoms. The number of rotatable bonds is 4. The molecule has 1 heterocycles. The maximum Gasteiger partial charge on any atom is 0.409 e. The number of carbonyl (C=O) groups is 1.